The SMILES string of the molecule is CC/C=C\C/C=C\C/C=C\C/C=C\C/C=C\C/C=C\C/C=C\CCCCCCCCCCCCCCCCCC(=O)NC(COC1OC(CO)C(OC2OC(CO)C(O)C(O)C2O)C(O)C1O)C(O)/C=C/CC/C=C/CCCCCCCCCCCCCCC. The van der Waals surface area contributed by atoms with Crippen molar-refractivity contribution in [3.05, 3.63) is 109 Å². The average Bonchev–Trinajstić information content (AvgIpc) is 1.58. The number of hydrogen-bond acceptors (Lipinski definition) is 13. The van der Waals surface area contributed by atoms with Crippen LogP contribution in [0.15, 0.2) is 109 Å². The molecule has 0 aliphatic carbocycles. The Morgan fingerprint density at radius 2 is 0.778 bits per heavy atom. The van der Waals surface area contributed by atoms with E-state index in [-0.39, 0.29) is 18.9 Å². The number of amides is 1. The normalized spacial score (nSPS) is 23.6. The van der Waals surface area contributed by atoms with Crippen LogP contribution in [0.4, 0.5) is 0 Å². The second-order valence-corrected chi connectivity index (χ2v) is 25.0. The van der Waals surface area contributed by atoms with Gasteiger partial charge in [0.25, 0.3) is 0 Å². The van der Waals surface area contributed by atoms with E-state index in [9.17, 15) is 45.6 Å². The highest BCUT2D eigenvalue weighted by Crippen LogP contribution is 2.30. The van der Waals surface area contributed by atoms with Crippen LogP contribution in [0.5, 0.6) is 0 Å². The van der Waals surface area contributed by atoms with E-state index >= 15 is 0 Å². The van der Waals surface area contributed by atoms with Crippen molar-refractivity contribution in [2.75, 3.05) is 19.8 Å². The summed E-state index contributed by atoms with van der Waals surface area (Å²) in [5.74, 6) is -0.251. The smallest absolute Gasteiger partial charge is 0.220 e. The number of carbonyl (C=O) groups excluding carboxylic acids is 1. The van der Waals surface area contributed by atoms with Crippen LogP contribution in [0, 0.1) is 0 Å². The number of aliphatic hydroxyl groups excluding tert-OH is 8. The third-order valence-corrected chi connectivity index (χ3v) is 16.9. The first-order chi connectivity index (χ1) is 44.1. The Bertz CT molecular complexity index is 1930. The largest absolute Gasteiger partial charge is 0.394 e. The van der Waals surface area contributed by atoms with Gasteiger partial charge >= 0.3 is 0 Å². The summed E-state index contributed by atoms with van der Waals surface area (Å²) in [5.41, 5.74) is 0. The monoisotopic (exact) mass is 1270 g/mol. The highest BCUT2D eigenvalue weighted by molar-refractivity contribution is 5.76. The quantitative estimate of drug-likeness (QED) is 0.0204. The van der Waals surface area contributed by atoms with Gasteiger partial charge in [-0.25, -0.2) is 0 Å². The van der Waals surface area contributed by atoms with Crippen LogP contribution in [-0.4, -0.2) is 140 Å². The fourth-order valence-electron chi connectivity index (χ4n) is 11.2. The first-order valence-corrected chi connectivity index (χ1v) is 36.1. The first-order valence-electron chi connectivity index (χ1n) is 36.1. The molecule has 1 amide bonds. The Morgan fingerprint density at radius 1 is 0.411 bits per heavy atom. The van der Waals surface area contributed by atoms with Crippen molar-refractivity contribution in [1.29, 1.82) is 0 Å². The molecule has 0 bridgehead atoms. The molecule has 0 radical (unpaired) electrons. The molecule has 0 aromatic heterocycles. The van der Waals surface area contributed by atoms with E-state index in [0.717, 1.165) is 77.0 Å². The van der Waals surface area contributed by atoms with E-state index < -0.39 is 86.8 Å². The van der Waals surface area contributed by atoms with E-state index in [1.54, 1.807) is 6.08 Å². The highest BCUT2D eigenvalue weighted by atomic mass is 16.7. The van der Waals surface area contributed by atoms with Gasteiger partial charge in [0.1, 0.15) is 48.8 Å². The number of ether oxygens (including phenoxy) is 4. The van der Waals surface area contributed by atoms with Crippen molar-refractivity contribution >= 4 is 5.91 Å². The third-order valence-electron chi connectivity index (χ3n) is 16.9. The molecule has 0 aromatic carbocycles. The number of hydrogen-bond donors (Lipinski definition) is 9. The van der Waals surface area contributed by atoms with Crippen molar-refractivity contribution in [2.24, 2.45) is 0 Å². The highest BCUT2D eigenvalue weighted by Gasteiger charge is 2.51. The van der Waals surface area contributed by atoms with Gasteiger partial charge < -0.3 is 65.1 Å². The van der Waals surface area contributed by atoms with Crippen molar-refractivity contribution < 1.29 is 64.6 Å². The van der Waals surface area contributed by atoms with Crippen molar-refractivity contribution in [3.8, 4) is 0 Å². The molecule has 2 aliphatic heterocycles. The summed E-state index contributed by atoms with van der Waals surface area (Å²) < 4.78 is 22.8. The molecule has 0 spiro atoms. The maximum atomic E-state index is 13.3. The zero-order chi connectivity index (χ0) is 65.2. The van der Waals surface area contributed by atoms with E-state index in [0.29, 0.717) is 12.8 Å². The molecule has 12 unspecified atom stereocenters. The Kier molecular flexibility index (Phi) is 54.6. The summed E-state index contributed by atoms with van der Waals surface area (Å²) in [4.78, 5) is 13.3. The lowest BCUT2D eigenvalue weighted by Crippen LogP contribution is -2.65. The maximum Gasteiger partial charge on any atom is 0.220 e. The van der Waals surface area contributed by atoms with Crippen LogP contribution in [0.25, 0.3) is 0 Å². The van der Waals surface area contributed by atoms with Crippen LogP contribution < -0.4 is 5.32 Å². The minimum atomic E-state index is -1.80. The molecule has 518 valence electrons. The van der Waals surface area contributed by atoms with Crippen molar-refractivity contribution in [3.63, 3.8) is 0 Å². The van der Waals surface area contributed by atoms with Crippen LogP contribution in [0.1, 0.15) is 271 Å². The molecule has 0 saturated carbocycles. The summed E-state index contributed by atoms with van der Waals surface area (Å²) in [6.45, 7) is 2.68. The third kappa shape index (κ3) is 42.8. The summed E-state index contributed by atoms with van der Waals surface area (Å²) >= 11 is 0. The first kappa shape index (κ1) is 82.7. The molecular weight excluding hydrogens is 1130 g/mol. The van der Waals surface area contributed by atoms with E-state index in [4.69, 9.17) is 18.9 Å². The van der Waals surface area contributed by atoms with Crippen LogP contribution in [0.2, 0.25) is 0 Å². The van der Waals surface area contributed by atoms with Gasteiger partial charge in [-0.3, -0.25) is 4.79 Å². The average molecular weight is 1270 g/mol. The topological polar surface area (TPSA) is 228 Å². The standard InChI is InChI=1S/C76H131NO13/c1-3-5-7-9-11-13-15-17-19-21-23-24-25-26-27-28-29-30-31-32-33-34-35-36-37-38-39-40-42-44-46-48-50-52-54-56-58-60-68(81)77-64(65(80)59-57-55-53-51-49-47-45-43-41-22-20-18-16-14-12-10-8-6-4-2)63-87-75-73(86)71(84)74(67(62-79)89-75)90-76-72(85)70(83)69(82)66(61-78)88-76/h5,7,11,13,17,19,23-24,26-27,29-30,32-33,49,51,57,59,64-67,69-76,78-80,82-86H,3-4,6,8-10,12,14-16,18,20-22,25,28,31,34-48,50,52-56,58,60-63H2,1-2H3,(H,77,81)/b7-5-,13-11-,19-17-,24-23-,27-26-,30-29-,33-32-,51-49+,59-57+. The number of nitrogens with one attached hydrogen (secondary N) is 1. The fourth-order valence-corrected chi connectivity index (χ4v) is 11.2. The Morgan fingerprint density at radius 3 is 1.22 bits per heavy atom. The van der Waals surface area contributed by atoms with Gasteiger partial charge in [0, 0.05) is 6.42 Å². The lowest BCUT2D eigenvalue weighted by Gasteiger charge is -2.46. The number of carbonyl (C=O) groups is 1. The lowest BCUT2D eigenvalue weighted by atomic mass is 9.97. The van der Waals surface area contributed by atoms with Crippen LogP contribution >= 0.6 is 0 Å². The number of unbranched alkanes of at least 4 members (excludes halogenated alkanes) is 29. The Balaban J connectivity index is 1.64. The molecule has 9 N–H and O–H groups in total. The molecular formula is C76H131NO13. The van der Waals surface area contributed by atoms with Gasteiger partial charge in [-0.2, -0.15) is 0 Å². The van der Waals surface area contributed by atoms with Crippen LogP contribution in [0.3, 0.4) is 0 Å². The van der Waals surface area contributed by atoms with Crippen LogP contribution in [-0.2, 0) is 23.7 Å². The number of rotatable bonds is 58. The predicted molar refractivity (Wildman–Crippen MR) is 369 cm³/mol. The lowest BCUT2D eigenvalue weighted by molar-refractivity contribution is -0.359. The number of allylic oxidation sites excluding steroid dienone is 17. The summed E-state index contributed by atoms with van der Waals surface area (Å²) in [6, 6.07) is -0.938. The summed E-state index contributed by atoms with van der Waals surface area (Å²) in [5, 5.41) is 87.4. The van der Waals surface area contributed by atoms with Gasteiger partial charge in [0.05, 0.1) is 32.0 Å². The predicted octanol–water partition coefficient (Wildman–Crippen LogP) is 15.1. The van der Waals surface area contributed by atoms with Gasteiger partial charge in [-0.15, -0.1) is 0 Å². The van der Waals surface area contributed by atoms with Gasteiger partial charge in [-0.05, 0) is 89.9 Å². The number of aliphatic hydroxyl groups is 8. The second kappa shape index (κ2) is 59.4. The van der Waals surface area contributed by atoms with E-state index in [2.05, 4.69) is 116 Å². The zero-order valence-corrected chi connectivity index (χ0v) is 56.3. The molecule has 0 aromatic rings. The molecule has 14 heteroatoms. The van der Waals surface area contributed by atoms with Gasteiger partial charge in [-0.1, -0.05) is 284 Å². The molecule has 2 saturated heterocycles. The second-order valence-electron chi connectivity index (χ2n) is 25.0. The zero-order valence-electron chi connectivity index (χ0n) is 56.3. The molecule has 14 nitrogen and oxygen atoms in total. The molecule has 12 atom stereocenters. The molecule has 2 rings (SSSR count). The maximum absolute atomic E-state index is 13.3. The molecule has 90 heavy (non-hydrogen) atoms. The minimum absolute atomic E-state index is 0.251. The van der Waals surface area contributed by atoms with E-state index in [1.807, 2.05) is 6.08 Å². The van der Waals surface area contributed by atoms with Gasteiger partial charge in [0.15, 0.2) is 12.6 Å². The van der Waals surface area contributed by atoms with Crippen molar-refractivity contribution in [1.82, 2.24) is 5.32 Å². The fraction of sp³-hybridized carbons (Fsp3) is 0.750. The molecule has 2 aliphatic rings. The van der Waals surface area contributed by atoms with Crippen molar-refractivity contribution in [2.45, 2.75) is 344 Å². The summed E-state index contributed by atoms with van der Waals surface area (Å²) in [6.07, 6.45) is 68.6. The Hall–Kier alpha value is -3.35. The van der Waals surface area contributed by atoms with E-state index in [1.165, 1.54) is 161 Å². The molecule has 2 heterocycles. The molecule has 2 fully saturated rings. The van der Waals surface area contributed by atoms with Gasteiger partial charge in [0.2, 0.25) is 5.91 Å². The minimum Gasteiger partial charge on any atom is -0.394 e. The summed E-state index contributed by atoms with van der Waals surface area (Å²) in [7, 11) is 0. The Labute approximate surface area is 546 Å².